The third-order valence-corrected chi connectivity index (χ3v) is 6.25. The van der Waals surface area contributed by atoms with E-state index in [1.165, 1.54) is 39.4 Å². The number of benzene rings is 1. The molecule has 1 saturated heterocycles. The normalized spacial score (nSPS) is 20.8. The molecule has 7 nitrogen and oxygen atoms in total. The number of carbonyl (C=O) groups is 1. The van der Waals surface area contributed by atoms with Gasteiger partial charge in [-0.05, 0) is 30.0 Å². The van der Waals surface area contributed by atoms with Crippen LogP contribution in [0.4, 0.5) is 4.39 Å². The summed E-state index contributed by atoms with van der Waals surface area (Å²) in [5, 5.41) is 0. The molecule has 2 unspecified atom stereocenters. The summed E-state index contributed by atoms with van der Waals surface area (Å²) in [6.45, 7) is 4.68. The van der Waals surface area contributed by atoms with Gasteiger partial charge in [0.15, 0.2) is 11.6 Å². The standard InChI is InChI=1S/C17H26FN3O4S/c1-11(2)13-9-21(10-15(13)19-26(23,24)20(3)4)17(22)12-6-7-14(18)16(8-12)25-5/h6-8,11,13,15,19H,9-10H2,1-5H3. The van der Waals surface area contributed by atoms with E-state index < -0.39 is 16.0 Å². The topological polar surface area (TPSA) is 79.0 Å². The lowest BCUT2D eigenvalue weighted by atomic mass is 9.92. The molecule has 0 saturated carbocycles. The lowest BCUT2D eigenvalue weighted by molar-refractivity contribution is 0.0782. The van der Waals surface area contributed by atoms with E-state index in [1.54, 1.807) is 4.90 Å². The van der Waals surface area contributed by atoms with E-state index >= 15 is 0 Å². The number of methoxy groups -OCH3 is 1. The quantitative estimate of drug-likeness (QED) is 0.799. The first kappa shape index (κ1) is 20.6. The smallest absolute Gasteiger partial charge is 0.279 e. The highest BCUT2D eigenvalue weighted by atomic mass is 32.2. The average Bonchev–Trinajstić information content (AvgIpc) is 2.97. The molecule has 1 aromatic carbocycles. The van der Waals surface area contributed by atoms with E-state index in [4.69, 9.17) is 4.74 Å². The van der Waals surface area contributed by atoms with Gasteiger partial charge < -0.3 is 9.64 Å². The Morgan fingerprint density at radius 1 is 1.35 bits per heavy atom. The van der Waals surface area contributed by atoms with Gasteiger partial charge in [0, 0.05) is 38.8 Å². The lowest BCUT2D eigenvalue weighted by Gasteiger charge is -2.24. The third kappa shape index (κ3) is 4.33. The number of nitrogens with zero attached hydrogens (tertiary/aromatic N) is 2. The molecule has 0 radical (unpaired) electrons. The molecule has 2 atom stereocenters. The van der Waals surface area contributed by atoms with E-state index in [0.29, 0.717) is 12.1 Å². The van der Waals surface area contributed by atoms with Crippen molar-refractivity contribution in [2.45, 2.75) is 19.9 Å². The third-order valence-electron chi connectivity index (χ3n) is 4.69. The Morgan fingerprint density at radius 2 is 2.00 bits per heavy atom. The number of likely N-dealkylation sites (tertiary alicyclic amines) is 1. The van der Waals surface area contributed by atoms with Crippen LogP contribution in [0, 0.1) is 17.7 Å². The summed E-state index contributed by atoms with van der Waals surface area (Å²) in [5.41, 5.74) is 0.307. The highest BCUT2D eigenvalue weighted by Gasteiger charge is 2.39. The van der Waals surface area contributed by atoms with Crippen molar-refractivity contribution in [1.29, 1.82) is 0 Å². The molecule has 1 fully saturated rings. The van der Waals surface area contributed by atoms with Crippen LogP contribution in [0.25, 0.3) is 0 Å². The summed E-state index contributed by atoms with van der Waals surface area (Å²) in [6.07, 6.45) is 0. The molecule has 2 rings (SSSR count). The minimum atomic E-state index is -3.60. The molecule has 0 aromatic heterocycles. The zero-order valence-corrected chi connectivity index (χ0v) is 16.5. The Balaban J connectivity index is 2.22. The maximum absolute atomic E-state index is 13.6. The second-order valence-electron chi connectivity index (χ2n) is 6.98. The van der Waals surface area contributed by atoms with Gasteiger partial charge in [-0.1, -0.05) is 13.8 Å². The van der Waals surface area contributed by atoms with Crippen LogP contribution in [0.2, 0.25) is 0 Å². The summed E-state index contributed by atoms with van der Waals surface area (Å²) >= 11 is 0. The van der Waals surface area contributed by atoms with Gasteiger partial charge in [0.2, 0.25) is 0 Å². The van der Waals surface area contributed by atoms with E-state index in [-0.39, 0.29) is 36.1 Å². The fourth-order valence-electron chi connectivity index (χ4n) is 3.07. The van der Waals surface area contributed by atoms with Gasteiger partial charge in [-0.2, -0.15) is 17.4 Å². The second-order valence-corrected chi connectivity index (χ2v) is 8.90. The molecule has 1 N–H and O–H groups in total. The Morgan fingerprint density at radius 3 is 2.54 bits per heavy atom. The Bertz CT molecular complexity index is 767. The van der Waals surface area contributed by atoms with Gasteiger partial charge in [0.1, 0.15) is 0 Å². The van der Waals surface area contributed by atoms with Crippen LogP contribution < -0.4 is 9.46 Å². The van der Waals surface area contributed by atoms with Crippen LogP contribution in [0.3, 0.4) is 0 Å². The van der Waals surface area contributed by atoms with E-state index in [9.17, 15) is 17.6 Å². The second kappa shape index (κ2) is 7.89. The number of nitrogens with one attached hydrogen (secondary N) is 1. The number of hydrogen-bond acceptors (Lipinski definition) is 4. The monoisotopic (exact) mass is 387 g/mol. The Kier molecular flexibility index (Phi) is 6.25. The minimum absolute atomic E-state index is 0.000294. The maximum Gasteiger partial charge on any atom is 0.279 e. The van der Waals surface area contributed by atoms with Crippen molar-refractivity contribution in [1.82, 2.24) is 13.9 Å². The van der Waals surface area contributed by atoms with Crippen molar-refractivity contribution in [2.75, 3.05) is 34.3 Å². The van der Waals surface area contributed by atoms with Gasteiger partial charge >= 0.3 is 0 Å². The number of amides is 1. The molecule has 1 heterocycles. The number of hydrogen-bond donors (Lipinski definition) is 1. The molecular weight excluding hydrogens is 361 g/mol. The largest absolute Gasteiger partial charge is 0.494 e. The van der Waals surface area contributed by atoms with Crippen molar-refractivity contribution in [3.63, 3.8) is 0 Å². The average molecular weight is 387 g/mol. The molecule has 1 aromatic rings. The first-order valence-electron chi connectivity index (χ1n) is 8.39. The van der Waals surface area contributed by atoms with Crippen molar-refractivity contribution >= 4 is 16.1 Å². The van der Waals surface area contributed by atoms with Crippen LogP contribution >= 0.6 is 0 Å². The SMILES string of the molecule is COc1cc(C(=O)N2CC(NS(=O)(=O)N(C)C)C(C(C)C)C2)ccc1F. The summed E-state index contributed by atoms with van der Waals surface area (Å²) in [4.78, 5) is 14.4. The van der Waals surface area contributed by atoms with E-state index in [2.05, 4.69) is 4.72 Å². The molecule has 0 spiro atoms. The fraction of sp³-hybridized carbons (Fsp3) is 0.588. The molecular formula is C17H26FN3O4S. The summed E-state index contributed by atoms with van der Waals surface area (Å²) in [6, 6.07) is 3.57. The summed E-state index contributed by atoms with van der Waals surface area (Å²) < 4.78 is 46.6. The number of carbonyl (C=O) groups excluding carboxylic acids is 1. The Hall–Kier alpha value is -1.71. The van der Waals surface area contributed by atoms with Crippen LogP contribution in [0.1, 0.15) is 24.2 Å². The molecule has 26 heavy (non-hydrogen) atoms. The van der Waals surface area contributed by atoms with Gasteiger partial charge in [0.25, 0.3) is 16.1 Å². The van der Waals surface area contributed by atoms with Crippen molar-refractivity contribution < 1.29 is 22.3 Å². The Labute approximate surface area is 154 Å². The maximum atomic E-state index is 13.6. The van der Waals surface area contributed by atoms with Crippen LogP contribution in [0.5, 0.6) is 5.75 Å². The molecule has 0 bridgehead atoms. The van der Waals surface area contributed by atoms with Crippen LogP contribution in [-0.4, -0.2) is 63.9 Å². The van der Waals surface area contributed by atoms with Crippen molar-refractivity contribution in [3.8, 4) is 5.75 Å². The highest BCUT2D eigenvalue weighted by Crippen LogP contribution is 2.27. The van der Waals surface area contributed by atoms with E-state index in [1.807, 2.05) is 13.8 Å². The fourth-order valence-corrected chi connectivity index (χ4v) is 3.91. The number of halogens is 1. The summed E-state index contributed by atoms with van der Waals surface area (Å²) in [5.74, 6) is -0.649. The highest BCUT2D eigenvalue weighted by molar-refractivity contribution is 7.87. The predicted octanol–water partition coefficient (Wildman–Crippen LogP) is 1.33. The van der Waals surface area contributed by atoms with Crippen molar-refractivity contribution in [3.05, 3.63) is 29.6 Å². The lowest BCUT2D eigenvalue weighted by Crippen LogP contribution is -2.46. The zero-order valence-electron chi connectivity index (χ0n) is 15.7. The van der Waals surface area contributed by atoms with Gasteiger partial charge in [-0.3, -0.25) is 4.79 Å². The molecule has 1 aliphatic rings. The molecule has 9 heteroatoms. The first-order chi connectivity index (χ1) is 12.1. The van der Waals surface area contributed by atoms with Gasteiger partial charge in [-0.25, -0.2) is 4.39 Å². The van der Waals surface area contributed by atoms with Gasteiger partial charge in [-0.15, -0.1) is 0 Å². The summed E-state index contributed by atoms with van der Waals surface area (Å²) in [7, 11) is 0.642. The number of ether oxygens (including phenoxy) is 1. The molecule has 1 amide bonds. The van der Waals surface area contributed by atoms with Crippen LogP contribution in [0.15, 0.2) is 18.2 Å². The van der Waals surface area contributed by atoms with Crippen LogP contribution in [-0.2, 0) is 10.2 Å². The predicted molar refractivity (Wildman–Crippen MR) is 96.7 cm³/mol. The first-order valence-corrected chi connectivity index (χ1v) is 9.83. The molecule has 0 aliphatic carbocycles. The number of rotatable bonds is 6. The zero-order chi connectivity index (χ0) is 19.6. The minimum Gasteiger partial charge on any atom is -0.494 e. The van der Waals surface area contributed by atoms with Gasteiger partial charge in [0.05, 0.1) is 7.11 Å². The van der Waals surface area contributed by atoms with E-state index in [0.717, 1.165) is 4.31 Å². The molecule has 1 aliphatic heterocycles. The van der Waals surface area contributed by atoms with Crippen molar-refractivity contribution in [2.24, 2.45) is 11.8 Å². The molecule has 146 valence electrons.